The largest absolute Gasteiger partial charge is 0.317 e. The summed E-state index contributed by atoms with van der Waals surface area (Å²) in [5, 5.41) is 20.3. The van der Waals surface area contributed by atoms with Crippen LogP contribution in [0.5, 0.6) is 0 Å². The fourth-order valence-corrected chi connectivity index (χ4v) is 4.55. The number of benzene rings is 2. The van der Waals surface area contributed by atoms with Crippen molar-refractivity contribution in [1.82, 2.24) is 20.5 Å². The van der Waals surface area contributed by atoms with E-state index in [1.807, 2.05) is 30.5 Å². The monoisotopic (exact) mass is 407 g/mol. The predicted octanol–water partition coefficient (Wildman–Crippen LogP) is 5.01. The lowest BCUT2D eigenvalue weighted by Crippen LogP contribution is -2.28. The van der Waals surface area contributed by atoms with Crippen molar-refractivity contribution in [3.8, 4) is 28.5 Å². The van der Waals surface area contributed by atoms with E-state index < -0.39 is 0 Å². The maximum atomic E-state index is 9.26. The van der Waals surface area contributed by atoms with E-state index in [2.05, 4.69) is 52.8 Å². The molecule has 1 saturated heterocycles. The summed E-state index contributed by atoms with van der Waals surface area (Å²) in [7, 11) is 0. The van der Waals surface area contributed by atoms with Gasteiger partial charge in [0.2, 0.25) is 0 Å². The summed E-state index contributed by atoms with van der Waals surface area (Å²) in [5.41, 5.74) is 9.38. The predicted molar refractivity (Wildman–Crippen MR) is 124 cm³/mol. The lowest BCUT2D eigenvalue weighted by Gasteiger charge is -2.25. The Morgan fingerprint density at radius 2 is 1.71 bits per heavy atom. The number of nitriles is 1. The molecule has 2 N–H and O–H groups in total. The van der Waals surface area contributed by atoms with Crippen molar-refractivity contribution in [3.63, 3.8) is 0 Å². The van der Waals surface area contributed by atoms with E-state index in [0.717, 1.165) is 52.9 Å². The maximum Gasteiger partial charge on any atom is 0.109 e. The molecule has 0 saturated carbocycles. The number of aromatic nitrogens is 3. The topological polar surface area (TPSA) is 77.4 Å². The Kier molecular flexibility index (Phi) is 5.23. The van der Waals surface area contributed by atoms with Crippen LogP contribution in [-0.4, -0.2) is 28.3 Å². The molecule has 0 bridgehead atoms. The number of rotatable bonds is 4. The minimum Gasteiger partial charge on any atom is -0.317 e. The first-order chi connectivity index (χ1) is 15.2. The minimum atomic E-state index is 0.623. The van der Waals surface area contributed by atoms with Gasteiger partial charge >= 0.3 is 0 Å². The van der Waals surface area contributed by atoms with Gasteiger partial charge in [0, 0.05) is 11.1 Å². The van der Waals surface area contributed by atoms with E-state index in [-0.39, 0.29) is 0 Å². The molecule has 154 valence electrons. The summed E-state index contributed by atoms with van der Waals surface area (Å²) in [4.78, 5) is 5.04. The molecule has 0 aliphatic carbocycles. The van der Waals surface area contributed by atoms with E-state index in [4.69, 9.17) is 4.98 Å². The molecule has 31 heavy (non-hydrogen) atoms. The van der Waals surface area contributed by atoms with Gasteiger partial charge in [-0.05, 0) is 68.5 Å². The molecule has 0 radical (unpaired) electrons. The van der Waals surface area contributed by atoms with E-state index in [1.54, 1.807) is 0 Å². The van der Waals surface area contributed by atoms with Gasteiger partial charge in [0.05, 0.1) is 29.0 Å². The molecule has 1 aliphatic heterocycles. The van der Waals surface area contributed by atoms with Gasteiger partial charge in [-0.25, -0.2) is 4.98 Å². The van der Waals surface area contributed by atoms with E-state index in [0.29, 0.717) is 11.5 Å². The van der Waals surface area contributed by atoms with Crippen molar-refractivity contribution in [3.05, 3.63) is 71.4 Å². The molecule has 5 rings (SSSR count). The lowest BCUT2D eigenvalue weighted by atomic mass is 9.85. The van der Waals surface area contributed by atoms with Crippen molar-refractivity contribution in [2.75, 3.05) is 13.1 Å². The van der Waals surface area contributed by atoms with Crippen LogP contribution in [0, 0.1) is 24.2 Å². The second-order valence-electron chi connectivity index (χ2n) is 8.40. The standard InChI is InChI=1S/C26H25N5/c1-17-2-6-21(7-3-17)25-24(20-8-4-19(15-27)5-9-20)22(14-18-10-12-28-13-11-18)26-23(30-25)16-29-31-26/h2-9,16,18,28H,10-14H2,1H3,(H,29,31). The van der Waals surface area contributed by atoms with Crippen LogP contribution in [0.3, 0.4) is 0 Å². The highest BCUT2D eigenvalue weighted by atomic mass is 15.1. The number of nitrogens with zero attached hydrogens (tertiary/aromatic N) is 3. The van der Waals surface area contributed by atoms with Crippen molar-refractivity contribution in [1.29, 1.82) is 5.26 Å². The zero-order valence-corrected chi connectivity index (χ0v) is 17.7. The molecule has 4 aromatic rings. The van der Waals surface area contributed by atoms with Crippen molar-refractivity contribution < 1.29 is 0 Å². The Balaban J connectivity index is 1.75. The molecule has 1 aliphatic rings. The molecule has 0 atom stereocenters. The summed E-state index contributed by atoms with van der Waals surface area (Å²) < 4.78 is 0. The maximum absolute atomic E-state index is 9.26. The summed E-state index contributed by atoms with van der Waals surface area (Å²) in [6.07, 6.45) is 5.15. The Labute approximate surface area is 182 Å². The number of piperidine rings is 1. The van der Waals surface area contributed by atoms with Crippen LogP contribution in [0.15, 0.2) is 54.7 Å². The number of hydrogen-bond acceptors (Lipinski definition) is 4. The lowest BCUT2D eigenvalue weighted by molar-refractivity contribution is 0.373. The number of fused-ring (bicyclic) bond motifs is 1. The first-order valence-corrected chi connectivity index (χ1v) is 10.9. The normalized spacial score (nSPS) is 14.6. The highest BCUT2D eigenvalue weighted by Crippen LogP contribution is 2.39. The number of H-pyrrole nitrogens is 1. The SMILES string of the molecule is Cc1ccc(-c2nc3cn[nH]c3c(CC3CCNCC3)c2-c2ccc(C#N)cc2)cc1. The minimum absolute atomic E-state index is 0.623. The van der Waals surface area contributed by atoms with Gasteiger partial charge < -0.3 is 5.32 Å². The second kappa shape index (κ2) is 8.33. The average molecular weight is 408 g/mol. The van der Waals surface area contributed by atoms with Gasteiger partial charge in [-0.15, -0.1) is 0 Å². The van der Waals surface area contributed by atoms with Gasteiger partial charge in [-0.2, -0.15) is 10.4 Å². The molecule has 0 unspecified atom stereocenters. The van der Waals surface area contributed by atoms with Gasteiger partial charge in [-0.3, -0.25) is 5.10 Å². The Bertz CT molecular complexity index is 1240. The van der Waals surface area contributed by atoms with Gasteiger partial charge in [0.15, 0.2) is 0 Å². The summed E-state index contributed by atoms with van der Waals surface area (Å²) >= 11 is 0. The molecule has 0 amide bonds. The summed E-state index contributed by atoms with van der Waals surface area (Å²) in [6.45, 7) is 4.23. The molecular formula is C26H25N5. The number of aryl methyl sites for hydroxylation is 1. The number of nitrogens with one attached hydrogen (secondary N) is 2. The third-order valence-corrected chi connectivity index (χ3v) is 6.27. The number of pyridine rings is 1. The van der Waals surface area contributed by atoms with E-state index >= 15 is 0 Å². The molecule has 5 nitrogen and oxygen atoms in total. The van der Waals surface area contributed by atoms with Crippen molar-refractivity contribution >= 4 is 11.0 Å². The average Bonchev–Trinajstić information content (AvgIpc) is 3.29. The van der Waals surface area contributed by atoms with Crippen LogP contribution in [0.2, 0.25) is 0 Å². The zero-order valence-electron chi connectivity index (χ0n) is 17.7. The third kappa shape index (κ3) is 3.83. The Morgan fingerprint density at radius 3 is 2.42 bits per heavy atom. The first-order valence-electron chi connectivity index (χ1n) is 10.9. The molecular weight excluding hydrogens is 382 g/mol. The zero-order chi connectivity index (χ0) is 21.2. The number of aromatic amines is 1. The molecule has 3 heterocycles. The van der Waals surface area contributed by atoms with E-state index in [9.17, 15) is 5.26 Å². The van der Waals surface area contributed by atoms with Crippen LogP contribution in [-0.2, 0) is 6.42 Å². The highest BCUT2D eigenvalue weighted by molar-refractivity contribution is 5.94. The Morgan fingerprint density at radius 1 is 1.00 bits per heavy atom. The highest BCUT2D eigenvalue weighted by Gasteiger charge is 2.23. The number of hydrogen-bond donors (Lipinski definition) is 2. The first kappa shape index (κ1) is 19.5. The van der Waals surface area contributed by atoms with Crippen LogP contribution >= 0.6 is 0 Å². The fraction of sp³-hybridized carbons (Fsp3) is 0.269. The molecule has 1 fully saturated rings. The van der Waals surface area contributed by atoms with Crippen LogP contribution in [0.25, 0.3) is 33.4 Å². The van der Waals surface area contributed by atoms with Gasteiger partial charge in [0.1, 0.15) is 5.52 Å². The van der Waals surface area contributed by atoms with Crippen LogP contribution in [0.1, 0.15) is 29.5 Å². The van der Waals surface area contributed by atoms with E-state index in [1.165, 1.54) is 24.0 Å². The quantitative estimate of drug-likeness (QED) is 0.498. The Hall–Kier alpha value is -3.49. The van der Waals surface area contributed by atoms with Crippen molar-refractivity contribution in [2.24, 2.45) is 5.92 Å². The smallest absolute Gasteiger partial charge is 0.109 e. The molecule has 0 spiro atoms. The van der Waals surface area contributed by atoms with Gasteiger partial charge in [-0.1, -0.05) is 42.0 Å². The third-order valence-electron chi connectivity index (χ3n) is 6.27. The molecule has 2 aromatic carbocycles. The summed E-state index contributed by atoms with van der Waals surface area (Å²) in [6, 6.07) is 18.6. The van der Waals surface area contributed by atoms with Crippen LogP contribution < -0.4 is 5.32 Å². The fourth-order valence-electron chi connectivity index (χ4n) is 4.55. The molecule has 2 aromatic heterocycles. The molecule has 5 heteroatoms. The summed E-state index contributed by atoms with van der Waals surface area (Å²) in [5.74, 6) is 0.623. The van der Waals surface area contributed by atoms with Crippen molar-refractivity contribution in [2.45, 2.75) is 26.2 Å². The second-order valence-corrected chi connectivity index (χ2v) is 8.40. The van der Waals surface area contributed by atoms with Crippen LogP contribution in [0.4, 0.5) is 0 Å². The van der Waals surface area contributed by atoms with Gasteiger partial charge in [0.25, 0.3) is 0 Å².